The van der Waals surface area contributed by atoms with Gasteiger partial charge in [-0.3, -0.25) is 0 Å². The first-order valence-electron chi connectivity index (χ1n) is 8.08. The summed E-state index contributed by atoms with van der Waals surface area (Å²) < 4.78 is 11.0. The Morgan fingerprint density at radius 1 is 1.08 bits per heavy atom. The molecule has 0 saturated heterocycles. The zero-order valence-electron chi connectivity index (χ0n) is 13.1. The van der Waals surface area contributed by atoms with E-state index in [0.29, 0.717) is 5.89 Å². The second kappa shape index (κ2) is 6.45. The van der Waals surface area contributed by atoms with Gasteiger partial charge in [-0.15, -0.1) is 10.2 Å². The molecular formula is C19H18N2O3. The first-order chi connectivity index (χ1) is 11.8. The Hall–Kier alpha value is -2.66. The minimum atomic E-state index is -0.708. The van der Waals surface area contributed by atoms with Crippen LogP contribution in [0.1, 0.15) is 29.5 Å². The van der Waals surface area contributed by atoms with Crippen molar-refractivity contribution in [1.82, 2.24) is 10.2 Å². The van der Waals surface area contributed by atoms with Gasteiger partial charge < -0.3 is 14.3 Å². The minimum absolute atomic E-state index is 0.0961. The molecule has 0 saturated carbocycles. The van der Waals surface area contributed by atoms with E-state index in [1.807, 2.05) is 36.4 Å². The molecule has 1 aliphatic rings. The number of aliphatic hydroxyl groups is 1. The van der Waals surface area contributed by atoms with Crippen LogP contribution in [0.3, 0.4) is 0 Å². The molecule has 1 heterocycles. The van der Waals surface area contributed by atoms with Crippen molar-refractivity contribution in [3.8, 4) is 11.5 Å². The maximum Gasteiger partial charge on any atom is 0.244 e. The first kappa shape index (κ1) is 14.9. The number of benzene rings is 2. The van der Waals surface area contributed by atoms with Gasteiger partial charge in [0.05, 0.1) is 0 Å². The monoisotopic (exact) mass is 322 g/mol. The van der Waals surface area contributed by atoms with Crippen molar-refractivity contribution in [3.05, 3.63) is 71.9 Å². The Balaban J connectivity index is 1.49. The molecule has 122 valence electrons. The highest BCUT2D eigenvalue weighted by atomic mass is 16.5. The lowest BCUT2D eigenvalue weighted by Crippen LogP contribution is -2.21. The molecule has 0 fully saturated rings. The molecule has 5 heteroatoms. The summed E-state index contributed by atoms with van der Waals surface area (Å²) in [5.41, 5.74) is 2.52. The Morgan fingerprint density at radius 3 is 2.75 bits per heavy atom. The van der Waals surface area contributed by atoms with Crippen LogP contribution in [0.25, 0.3) is 0 Å². The van der Waals surface area contributed by atoms with Crippen LogP contribution in [0.4, 0.5) is 0 Å². The first-order valence-corrected chi connectivity index (χ1v) is 8.08. The summed E-state index contributed by atoms with van der Waals surface area (Å²) in [5, 5.41) is 17.9. The number of fused-ring (bicyclic) bond motifs is 1. The van der Waals surface area contributed by atoms with Gasteiger partial charge in [-0.25, -0.2) is 0 Å². The van der Waals surface area contributed by atoms with Crippen molar-refractivity contribution in [3.63, 3.8) is 0 Å². The van der Waals surface area contributed by atoms with Gasteiger partial charge in [0.25, 0.3) is 0 Å². The number of ether oxygens (including phenoxy) is 1. The SMILES string of the molecule is OC(c1nnco1)C1CCc2cc(Oc3ccccc3)ccc2C1. The average Bonchev–Trinajstić information content (AvgIpc) is 3.16. The van der Waals surface area contributed by atoms with Crippen LogP contribution < -0.4 is 4.74 Å². The number of hydrogen-bond donors (Lipinski definition) is 1. The number of hydrogen-bond acceptors (Lipinski definition) is 5. The predicted octanol–water partition coefficient (Wildman–Crippen LogP) is 3.70. The largest absolute Gasteiger partial charge is 0.457 e. The van der Waals surface area contributed by atoms with Gasteiger partial charge >= 0.3 is 0 Å². The Labute approximate surface area is 139 Å². The maximum atomic E-state index is 10.4. The van der Waals surface area contributed by atoms with Crippen molar-refractivity contribution < 1.29 is 14.3 Å². The van der Waals surface area contributed by atoms with E-state index in [-0.39, 0.29) is 5.92 Å². The summed E-state index contributed by atoms with van der Waals surface area (Å²) >= 11 is 0. The van der Waals surface area contributed by atoms with Crippen LogP contribution in [-0.2, 0) is 12.8 Å². The topological polar surface area (TPSA) is 68.4 Å². The summed E-state index contributed by atoms with van der Waals surface area (Å²) in [6.07, 6.45) is 3.12. The van der Waals surface area contributed by atoms with Crippen molar-refractivity contribution >= 4 is 0 Å². The van der Waals surface area contributed by atoms with Crippen molar-refractivity contribution in [1.29, 1.82) is 0 Å². The second-order valence-electron chi connectivity index (χ2n) is 6.07. The summed E-state index contributed by atoms with van der Waals surface area (Å²) in [6, 6.07) is 15.9. The predicted molar refractivity (Wildman–Crippen MR) is 87.7 cm³/mol. The number of para-hydroxylation sites is 1. The quantitative estimate of drug-likeness (QED) is 0.793. The molecule has 0 aliphatic heterocycles. The van der Waals surface area contributed by atoms with Gasteiger partial charge in [0.15, 0.2) is 0 Å². The van der Waals surface area contributed by atoms with E-state index in [9.17, 15) is 5.11 Å². The molecule has 0 spiro atoms. The van der Waals surface area contributed by atoms with Crippen LogP contribution in [0, 0.1) is 5.92 Å². The smallest absolute Gasteiger partial charge is 0.244 e. The van der Waals surface area contributed by atoms with Crippen LogP contribution in [0.2, 0.25) is 0 Å². The van der Waals surface area contributed by atoms with Crippen LogP contribution >= 0.6 is 0 Å². The molecule has 24 heavy (non-hydrogen) atoms. The lowest BCUT2D eigenvalue weighted by molar-refractivity contribution is 0.0729. The van der Waals surface area contributed by atoms with Gasteiger partial charge in [-0.05, 0) is 60.6 Å². The zero-order chi connectivity index (χ0) is 16.4. The number of aliphatic hydroxyl groups excluding tert-OH is 1. The molecule has 0 bridgehead atoms. The molecule has 5 nitrogen and oxygen atoms in total. The lowest BCUT2D eigenvalue weighted by Gasteiger charge is -2.27. The summed E-state index contributed by atoms with van der Waals surface area (Å²) in [4.78, 5) is 0. The van der Waals surface area contributed by atoms with Crippen LogP contribution in [-0.4, -0.2) is 15.3 Å². The van der Waals surface area contributed by atoms with Gasteiger partial charge in [0.2, 0.25) is 12.3 Å². The van der Waals surface area contributed by atoms with Crippen molar-refractivity contribution in [2.45, 2.75) is 25.4 Å². The number of aryl methyl sites for hydroxylation is 1. The third-order valence-electron chi connectivity index (χ3n) is 4.50. The van der Waals surface area contributed by atoms with E-state index in [1.54, 1.807) is 0 Å². The van der Waals surface area contributed by atoms with E-state index >= 15 is 0 Å². The van der Waals surface area contributed by atoms with Crippen molar-refractivity contribution in [2.75, 3.05) is 0 Å². The number of nitrogens with zero attached hydrogens (tertiary/aromatic N) is 2. The molecule has 0 radical (unpaired) electrons. The molecule has 2 atom stereocenters. The second-order valence-corrected chi connectivity index (χ2v) is 6.07. The van der Waals surface area contributed by atoms with E-state index in [1.165, 1.54) is 17.5 Å². The third kappa shape index (κ3) is 3.03. The molecule has 4 rings (SSSR count). The molecule has 3 aromatic rings. The van der Waals surface area contributed by atoms with Gasteiger partial charge in [-0.1, -0.05) is 24.3 Å². The maximum absolute atomic E-state index is 10.4. The molecule has 1 aliphatic carbocycles. The number of aromatic nitrogens is 2. The molecule has 2 unspecified atom stereocenters. The van der Waals surface area contributed by atoms with Crippen LogP contribution in [0.15, 0.2) is 59.3 Å². The Kier molecular flexibility index (Phi) is 4.01. The Bertz CT molecular complexity index is 803. The van der Waals surface area contributed by atoms with Gasteiger partial charge in [0, 0.05) is 0 Å². The van der Waals surface area contributed by atoms with Gasteiger partial charge in [-0.2, -0.15) is 0 Å². The Morgan fingerprint density at radius 2 is 1.96 bits per heavy atom. The fourth-order valence-corrected chi connectivity index (χ4v) is 3.23. The van der Waals surface area contributed by atoms with Gasteiger partial charge in [0.1, 0.15) is 17.6 Å². The highest BCUT2D eigenvalue weighted by molar-refractivity contribution is 5.40. The van der Waals surface area contributed by atoms with E-state index in [2.05, 4.69) is 22.3 Å². The molecule has 2 aromatic carbocycles. The third-order valence-corrected chi connectivity index (χ3v) is 4.50. The zero-order valence-corrected chi connectivity index (χ0v) is 13.1. The average molecular weight is 322 g/mol. The molecule has 1 aromatic heterocycles. The molecule has 1 N–H and O–H groups in total. The number of rotatable bonds is 4. The van der Waals surface area contributed by atoms with E-state index in [4.69, 9.17) is 9.15 Å². The molecular weight excluding hydrogens is 304 g/mol. The van der Waals surface area contributed by atoms with Crippen LogP contribution in [0.5, 0.6) is 11.5 Å². The lowest BCUT2D eigenvalue weighted by atomic mass is 9.81. The fraction of sp³-hybridized carbons (Fsp3) is 0.263. The highest BCUT2D eigenvalue weighted by Gasteiger charge is 2.29. The van der Waals surface area contributed by atoms with E-state index < -0.39 is 6.10 Å². The highest BCUT2D eigenvalue weighted by Crippen LogP contribution is 2.35. The van der Waals surface area contributed by atoms with E-state index in [0.717, 1.165) is 30.8 Å². The standard InChI is InChI=1S/C19H18N2O3/c22-18(19-21-20-12-23-19)15-7-6-14-11-17(9-8-13(14)10-15)24-16-4-2-1-3-5-16/h1-5,8-9,11-12,15,18,22H,6-7,10H2. The molecule has 0 amide bonds. The summed E-state index contributed by atoms with van der Waals surface area (Å²) in [7, 11) is 0. The normalized spacial score (nSPS) is 18.0. The fourth-order valence-electron chi connectivity index (χ4n) is 3.23. The summed E-state index contributed by atoms with van der Waals surface area (Å²) in [6.45, 7) is 0. The summed E-state index contributed by atoms with van der Waals surface area (Å²) in [5.74, 6) is 2.07. The van der Waals surface area contributed by atoms with Crippen molar-refractivity contribution in [2.24, 2.45) is 5.92 Å². The minimum Gasteiger partial charge on any atom is -0.457 e.